The van der Waals surface area contributed by atoms with Crippen molar-refractivity contribution in [2.24, 2.45) is 17.8 Å². The predicted molar refractivity (Wildman–Crippen MR) is 333 cm³/mol. The number of piperidine rings is 3. The molecule has 0 aliphatic carbocycles. The van der Waals surface area contributed by atoms with Crippen molar-refractivity contribution in [2.75, 3.05) is 35.8 Å². The highest BCUT2D eigenvalue weighted by atomic mass is 16.7. The molecule has 3 unspecified atom stereocenters. The molecule has 0 bridgehead atoms. The minimum Gasteiger partial charge on any atom is -0.351 e. The predicted octanol–water partition coefficient (Wildman–Crippen LogP) is 18.3. The Morgan fingerprint density at radius 3 is 0.744 bits per heavy atom. The van der Waals surface area contributed by atoms with E-state index in [2.05, 4.69) is 156 Å². The number of aromatic nitrogens is 3. The van der Waals surface area contributed by atoms with Gasteiger partial charge >= 0.3 is 0 Å². The first-order chi connectivity index (χ1) is 36.9. The molecule has 3 aliphatic heterocycles. The third-order valence-electron chi connectivity index (χ3n) is 18.1. The molecule has 0 aromatic carbocycles. The fourth-order valence-electron chi connectivity index (χ4n) is 15.3. The maximum Gasteiger partial charge on any atom is 0.229 e. The van der Waals surface area contributed by atoms with Gasteiger partial charge in [0.1, 0.15) is 0 Å². The van der Waals surface area contributed by atoms with Crippen molar-refractivity contribution in [1.82, 2.24) is 30.1 Å². The van der Waals surface area contributed by atoms with Crippen LogP contribution in [0.25, 0.3) is 0 Å². The Hall–Kier alpha value is -1.83. The molecule has 3 aliphatic rings. The van der Waals surface area contributed by atoms with E-state index in [0.29, 0.717) is 35.6 Å². The number of unbranched alkanes of at least 4 members (excludes halogenated alkanes) is 15. The number of hydrogen-bond acceptors (Lipinski definition) is 12. The Balaban J connectivity index is 1.65. The molecular weight excluding hydrogens is 967 g/mol. The van der Waals surface area contributed by atoms with Crippen molar-refractivity contribution in [3.63, 3.8) is 0 Å². The van der Waals surface area contributed by atoms with Crippen LogP contribution in [0.2, 0.25) is 0 Å². The Kier molecular flexibility index (Phi) is 28.9. The summed E-state index contributed by atoms with van der Waals surface area (Å²) in [6.45, 7) is 44.9. The molecule has 0 spiro atoms. The Bertz CT molecular complexity index is 1520. The van der Waals surface area contributed by atoms with Gasteiger partial charge in [-0.25, -0.2) is 0 Å². The van der Waals surface area contributed by atoms with Crippen LogP contribution in [0.3, 0.4) is 0 Å². The van der Waals surface area contributed by atoms with E-state index >= 15 is 0 Å². The lowest BCUT2D eigenvalue weighted by atomic mass is 9.71. The van der Waals surface area contributed by atoms with Crippen LogP contribution in [0.15, 0.2) is 0 Å². The second kappa shape index (κ2) is 32.9. The minimum absolute atomic E-state index is 0.131. The lowest BCUT2D eigenvalue weighted by Crippen LogP contribution is -2.62. The van der Waals surface area contributed by atoms with E-state index in [-0.39, 0.29) is 51.4 Å². The average Bonchev–Trinajstić information content (AvgIpc) is 3.52. The SMILES string of the molecule is CCCCCCCCON1C(C)(C)CC(C(CCC)Nc2nc(NC(CCC)C3CC(C)(C)N(OCCCCCCCC)C(C)(C)C3)nc(NC(CCC)C3CC(C)(C)N(OCCCCCCCC)C(C)(C)C3)n2)CC1(C)C. The lowest BCUT2D eigenvalue weighted by Gasteiger charge is -2.55. The molecule has 78 heavy (non-hydrogen) atoms. The topological polar surface area (TPSA) is 112 Å². The van der Waals surface area contributed by atoms with Crippen LogP contribution in [0.1, 0.15) is 317 Å². The smallest absolute Gasteiger partial charge is 0.229 e. The van der Waals surface area contributed by atoms with Crippen molar-refractivity contribution >= 4 is 17.8 Å². The number of hydroxylamine groups is 6. The van der Waals surface area contributed by atoms with Gasteiger partial charge in [-0.15, -0.1) is 0 Å². The van der Waals surface area contributed by atoms with Crippen LogP contribution >= 0.6 is 0 Å². The molecule has 0 saturated carbocycles. The van der Waals surface area contributed by atoms with E-state index in [4.69, 9.17) is 29.5 Å². The van der Waals surface area contributed by atoms with Gasteiger partial charge in [0.2, 0.25) is 17.8 Å². The van der Waals surface area contributed by atoms with Gasteiger partial charge in [-0.2, -0.15) is 30.1 Å². The summed E-state index contributed by atoms with van der Waals surface area (Å²) in [6, 6.07) is 0.583. The van der Waals surface area contributed by atoms with Crippen molar-refractivity contribution in [1.29, 1.82) is 0 Å². The van der Waals surface area contributed by atoms with Crippen LogP contribution in [-0.4, -0.2) is 101 Å². The molecule has 3 saturated heterocycles. The summed E-state index contributed by atoms with van der Waals surface area (Å²) < 4.78 is 0. The van der Waals surface area contributed by atoms with Crippen LogP contribution in [0.4, 0.5) is 17.8 Å². The number of anilines is 3. The third kappa shape index (κ3) is 21.4. The molecule has 0 radical (unpaired) electrons. The van der Waals surface area contributed by atoms with Gasteiger partial charge in [0.25, 0.3) is 0 Å². The molecule has 0 amide bonds. The number of hydrogen-bond donors (Lipinski definition) is 3. The second-order valence-electron chi connectivity index (χ2n) is 29.0. The van der Waals surface area contributed by atoms with Crippen LogP contribution in [-0.2, 0) is 14.5 Å². The van der Waals surface area contributed by atoms with Gasteiger partial charge in [-0.3, -0.25) is 14.5 Å². The Morgan fingerprint density at radius 1 is 0.333 bits per heavy atom. The van der Waals surface area contributed by atoms with Crippen LogP contribution in [0.5, 0.6) is 0 Å². The Morgan fingerprint density at radius 2 is 0.538 bits per heavy atom. The summed E-state index contributed by atoms with van der Waals surface area (Å²) in [5, 5.41) is 19.3. The van der Waals surface area contributed by atoms with Gasteiger partial charge in [0, 0.05) is 51.4 Å². The monoisotopic (exact) mass is 1100 g/mol. The number of rotatable bonds is 39. The van der Waals surface area contributed by atoms with E-state index in [1.54, 1.807) is 0 Å². The standard InChI is InChI=1S/C66H129N9O3/c1-19-25-28-31-34-37-43-76-73-61(7,8)46-52(47-62(73,9)10)55(40-22-4)67-58-70-59(68-56(41-23-5)53-48-63(11,12)74(64(13,14)49-53)77-44-38-35-32-29-26-20-2)72-60(71-58)69-57(42-24-6)54-50-65(15,16)75(66(17,18)51-54)78-45-39-36-33-30-27-21-3/h52-57H,19-51H2,1-18H3,(H3,67,68,69,70,71,72). The molecule has 12 heteroatoms. The quantitative estimate of drug-likeness (QED) is 0.0546. The fourth-order valence-corrected chi connectivity index (χ4v) is 15.3. The fraction of sp³-hybridized carbons (Fsp3) is 0.955. The first-order valence-electron chi connectivity index (χ1n) is 33.3. The van der Waals surface area contributed by atoms with Crippen molar-refractivity contribution in [3.8, 4) is 0 Å². The normalized spacial score (nSPS) is 22.1. The molecular formula is C66H129N9O3. The highest BCUT2D eigenvalue weighted by Crippen LogP contribution is 2.47. The zero-order valence-corrected chi connectivity index (χ0v) is 54.7. The molecule has 4 rings (SSSR count). The van der Waals surface area contributed by atoms with E-state index in [0.717, 1.165) is 116 Å². The average molecular weight is 1100 g/mol. The minimum atomic E-state index is -0.131. The van der Waals surface area contributed by atoms with E-state index in [1.807, 2.05) is 0 Å². The van der Waals surface area contributed by atoms with Crippen molar-refractivity contribution in [3.05, 3.63) is 0 Å². The van der Waals surface area contributed by atoms with Gasteiger partial charge in [-0.05, 0) is 178 Å². The first kappa shape index (κ1) is 68.7. The zero-order valence-electron chi connectivity index (χ0n) is 54.7. The van der Waals surface area contributed by atoms with E-state index < -0.39 is 0 Å². The molecule has 3 fully saturated rings. The van der Waals surface area contributed by atoms with Crippen molar-refractivity contribution in [2.45, 2.75) is 369 Å². The molecule has 1 aromatic rings. The summed E-state index contributed by atoms with van der Waals surface area (Å²) in [5.74, 6) is 3.25. The Labute approximate surface area is 482 Å². The molecule has 3 atom stereocenters. The highest BCUT2D eigenvalue weighted by molar-refractivity contribution is 5.44. The summed E-state index contributed by atoms with van der Waals surface area (Å²) in [7, 11) is 0. The molecule has 1 aromatic heterocycles. The largest absolute Gasteiger partial charge is 0.351 e. The maximum atomic E-state index is 6.75. The van der Waals surface area contributed by atoms with Crippen molar-refractivity contribution < 1.29 is 14.5 Å². The lowest BCUT2D eigenvalue weighted by molar-refractivity contribution is -0.289. The molecule has 3 N–H and O–H groups in total. The van der Waals surface area contributed by atoms with Gasteiger partial charge in [-0.1, -0.05) is 157 Å². The molecule has 456 valence electrons. The molecule has 4 heterocycles. The summed E-state index contributed by atoms with van der Waals surface area (Å²) >= 11 is 0. The van der Waals surface area contributed by atoms with Gasteiger partial charge in [0.15, 0.2) is 0 Å². The van der Waals surface area contributed by atoms with Crippen LogP contribution < -0.4 is 16.0 Å². The number of nitrogens with one attached hydrogen (secondary N) is 3. The molecule has 12 nitrogen and oxygen atoms in total. The summed E-state index contributed by atoms with van der Waals surface area (Å²) in [6.07, 6.45) is 35.3. The first-order valence-corrected chi connectivity index (χ1v) is 33.3. The van der Waals surface area contributed by atoms with E-state index in [1.165, 1.54) is 96.3 Å². The highest BCUT2D eigenvalue weighted by Gasteiger charge is 2.51. The summed E-state index contributed by atoms with van der Waals surface area (Å²) in [5.41, 5.74) is -0.783. The maximum absolute atomic E-state index is 6.75. The second-order valence-corrected chi connectivity index (χ2v) is 29.0. The van der Waals surface area contributed by atoms with E-state index in [9.17, 15) is 0 Å². The summed E-state index contributed by atoms with van der Waals surface area (Å²) in [4.78, 5) is 36.4. The van der Waals surface area contributed by atoms with Gasteiger partial charge < -0.3 is 16.0 Å². The number of nitrogens with zero attached hydrogens (tertiary/aromatic N) is 6. The van der Waals surface area contributed by atoms with Gasteiger partial charge in [0.05, 0.1) is 19.8 Å². The third-order valence-corrected chi connectivity index (χ3v) is 18.1. The zero-order chi connectivity index (χ0) is 57.6. The van der Waals surface area contributed by atoms with Crippen LogP contribution in [0, 0.1) is 17.8 Å².